The van der Waals surface area contributed by atoms with Crippen LogP contribution >= 0.6 is 11.3 Å². The lowest BCUT2D eigenvalue weighted by Gasteiger charge is -2.27. The minimum atomic E-state index is 0. The molecule has 0 aliphatic heterocycles. The number of anilines is 1. The van der Waals surface area contributed by atoms with Crippen molar-refractivity contribution in [1.82, 2.24) is 4.98 Å². The SMILES string of the molecule is CCC.Cc1cnc(NC(C)C(C)(C)C)s1.[HH]. The number of rotatable bonds is 2. The van der Waals surface area contributed by atoms with E-state index in [4.69, 9.17) is 0 Å². The van der Waals surface area contributed by atoms with E-state index in [0.29, 0.717) is 6.04 Å². The first-order valence-electron chi connectivity index (χ1n) is 6.00. The van der Waals surface area contributed by atoms with Crippen LogP contribution in [0.1, 0.15) is 54.3 Å². The first-order valence-corrected chi connectivity index (χ1v) is 6.81. The fraction of sp³-hybridized carbons (Fsp3) is 0.769. The zero-order chi connectivity index (χ0) is 12.8. The van der Waals surface area contributed by atoms with Crippen molar-refractivity contribution in [3.8, 4) is 0 Å². The van der Waals surface area contributed by atoms with Gasteiger partial charge in [0.05, 0.1) is 0 Å². The van der Waals surface area contributed by atoms with E-state index in [9.17, 15) is 0 Å². The molecule has 0 radical (unpaired) electrons. The fourth-order valence-electron chi connectivity index (χ4n) is 0.823. The first kappa shape index (κ1) is 15.4. The Kier molecular flexibility index (Phi) is 6.65. The van der Waals surface area contributed by atoms with Crippen molar-refractivity contribution in [3.63, 3.8) is 0 Å². The van der Waals surface area contributed by atoms with Crippen LogP contribution < -0.4 is 5.32 Å². The maximum Gasteiger partial charge on any atom is 0.183 e. The third-order valence-electron chi connectivity index (χ3n) is 2.26. The molecule has 1 rings (SSSR count). The minimum Gasteiger partial charge on any atom is -0.359 e. The molecule has 0 saturated heterocycles. The number of hydrogen-bond donors (Lipinski definition) is 1. The summed E-state index contributed by atoms with van der Waals surface area (Å²) in [7, 11) is 0. The third kappa shape index (κ3) is 6.11. The van der Waals surface area contributed by atoms with Gasteiger partial charge in [-0.1, -0.05) is 41.0 Å². The average molecular weight is 244 g/mol. The van der Waals surface area contributed by atoms with Crippen LogP contribution in [0.4, 0.5) is 5.13 Å². The molecule has 3 heteroatoms. The van der Waals surface area contributed by atoms with Gasteiger partial charge in [-0.2, -0.15) is 0 Å². The van der Waals surface area contributed by atoms with E-state index >= 15 is 0 Å². The van der Waals surface area contributed by atoms with Crippen LogP contribution in [-0.4, -0.2) is 11.0 Å². The molecule has 1 unspecified atom stereocenters. The largest absolute Gasteiger partial charge is 0.359 e. The van der Waals surface area contributed by atoms with Crippen LogP contribution in [0.15, 0.2) is 6.20 Å². The zero-order valence-electron chi connectivity index (χ0n) is 11.7. The molecule has 1 heterocycles. The summed E-state index contributed by atoms with van der Waals surface area (Å²) in [5.74, 6) is 0. The van der Waals surface area contributed by atoms with E-state index in [-0.39, 0.29) is 6.84 Å². The number of nitrogens with one attached hydrogen (secondary N) is 1. The molecule has 1 aromatic heterocycles. The van der Waals surface area contributed by atoms with Gasteiger partial charge in [-0.3, -0.25) is 0 Å². The molecule has 0 aromatic carbocycles. The summed E-state index contributed by atoms with van der Waals surface area (Å²) in [6.07, 6.45) is 3.16. The molecule has 96 valence electrons. The van der Waals surface area contributed by atoms with Crippen molar-refractivity contribution in [2.75, 3.05) is 5.32 Å². The third-order valence-corrected chi connectivity index (χ3v) is 3.10. The minimum absolute atomic E-state index is 0. The molecule has 0 amide bonds. The topological polar surface area (TPSA) is 24.9 Å². The van der Waals surface area contributed by atoms with Gasteiger partial charge in [0.2, 0.25) is 0 Å². The zero-order valence-corrected chi connectivity index (χ0v) is 12.5. The molecule has 0 aliphatic rings. The summed E-state index contributed by atoms with van der Waals surface area (Å²) in [5.41, 5.74) is 0.277. The second-order valence-electron chi connectivity index (χ2n) is 5.22. The number of aryl methyl sites for hydroxylation is 1. The van der Waals surface area contributed by atoms with Gasteiger partial charge < -0.3 is 5.32 Å². The second kappa shape index (κ2) is 6.89. The van der Waals surface area contributed by atoms with E-state index in [1.54, 1.807) is 11.3 Å². The predicted octanol–water partition coefficient (Wildman–Crippen LogP) is 4.96. The Morgan fingerprint density at radius 3 is 2.25 bits per heavy atom. The molecular weight excluding hydrogens is 216 g/mol. The normalized spacial score (nSPS) is 12.7. The van der Waals surface area contributed by atoms with Crippen molar-refractivity contribution in [2.24, 2.45) is 5.41 Å². The number of aromatic nitrogens is 1. The highest BCUT2D eigenvalue weighted by Gasteiger charge is 2.20. The van der Waals surface area contributed by atoms with E-state index in [0.717, 1.165) is 5.13 Å². The van der Waals surface area contributed by atoms with Crippen molar-refractivity contribution in [2.45, 2.75) is 60.9 Å². The van der Waals surface area contributed by atoms with Crippen molar-refractivity contribution < 1.29 is 1.43 Å². The smallest absolute Gasteiger partial charge is 0.183 e. The van der Waals surface area contributed by atoms with Gasteiger partial charge in [0.15, 0.2) is 5.13 Å². The predicted molar refractivity (Wildman–Crippen MR) is 77.5 cm³/mol. The van der Waals surface area contributed by atoms with Gasteiger partial charge in [0, 0.05) is 18.5 Å². The quantitative estimate of drug-likeness (QED) is 0.795. The summed E-state index contributed by atoms with van der Waals surface area (Å²) < 4.78 is 0. The Morgan fingerprint density at radius 1 is 1.44 bits per heavy atom. The molecule has 1 aromatic rings. The maximum absolute atomic E-state index is 4.28. The van der Waals surface area contributed by atoms with Gasteiger partial charge in [-0.25, -0.2) is 4.98 Å². The Balaban J connectivity index is 0. The van der Waals surface area contributed by atoms with Crippen LogP contribution in [0.5, 0.6) is 0 Å². The lowest BCUT2D eigenvalue weighted by molar-refractivity contribution is 0.359. The lowest BCUT2D eigenvalue weighted by Crippen LogP contribution is -2.30. The molecule has 0 saturated carbocycles. The van der Waals surface area contributed by atoms with E-state index in [1.165, 1.54) is 11.3 Å². The Hall–Kier alpha value is -0.570. The van der Waals surface area contributed by atoms with Crippen LogP contribution in [0.25, 0.3) is 0 Å². The fourth-order valence-corrected chi connectivity index (χ4v) is 1.57. The van der Waals surface area contributed by atoms with Gasteiger partial charge >= 0.3 is 0 Å². The summed E-state index contributed by atoms with van der Waals surface area (Å²) in [4.78, 5) is 5.53. The standard InChI is InChI=1S/C10H18N2S.C3H8.H2/c1-7-6-11-9(13-7)12-8(2)10(3,4)5;1-3-2;/h6,8H,1-5H3,(H,11,12);3H2,1-2H3;1H. The van der Waals surface area contributed by atoms with Crippen molar-refractivity contribution in [3.05, 3.63) is 11.1 Å². The summed E-state index contributed by atoms with van der Waals surface area (Å²) in [6.45, 7) is 15.2. The highest BCUT2D eigenvalue weighted by atomic mass is 32.1. The van der Waals surface area contributed by atoms with Gasteiger partial charge in [0.25, 0.3) is 0 Å². The van der Waals surface area contributed by atoms with E-state index < -0.39 is 0 Å². The Labute approximate surface area is 106 Å². The first-order chi connectivity index (χ1) is 7.31. The Bertz CT molecular complexity index is 292. The molecular formula is C13H28N2S. The lowest BCUT2D eigenvalue weighted by atomic mass is 9.88. The molecule has 0 fully saturated rings. The molecule has 1 N–H and O–H groups in total. The van der Waals surface area contributed by atoms with Crippen LogP contribution in [0.3, 0.4) is 0 Å². The van der Waals surface area contributed by atoms with E-state index in [1.807, 2.05) is 6.20 Å². The monoisotopic (exact) mass is 244 g/mol. The summed E-state index contributed by atoms with van der Waals surface area (Å²) >= 11 is 1.71. The van der Waals surface area contributed by atoms with Crippen molar-refractivity contribution in [1.29, 1.82) is 0 Å². The van der Waals surface area contributed by atoms with Gasteiger partial charge in [-0.05, 0) is 19.3 Å². The van der Waals surface area contributed by atoms with Crippen LogP contribution in [-0.2, 0) is 0 Å². The Morgan fingerprint density at radius 2 is 1.94 bits per heavy atom. The highest BCUT2D eigenvalue weighted by molar-refractivity contribution is 7.15. The number of thiazole rings is 1. The van der Waals surface area contributed by atoms with Crippen molar-refractivity contribution >= 4 is 16.5 Å². The summed E-state index contributed by atoms with van der Waals surface area (Å²) in [5, 5.41) is 4.44. The van der Waals surface area contributed by atoms with E-state index in [2.05, 4.69) is 58.8 Å². The summed E-state index contributed by atoms with van der Waals surface area (Å²) in [6, 6.07) is 0.443. The second-order valence-corrected chi connectivity index (χ2v) is 6.45. The van der Waals surface area contributed by atoms with Crippen LogP contribution in [0.2, 0.25) is 0 Å². The number of hydrogen-bond acceptors (Lipinski definition) is 3. The molecule has 2 nitrogen and oxygen atoms in total. The number of nitrogens with zero attached hydrogens (tertiary/aromatic N) is 1. The molecule has 16 heavy (non-hydrogen) atoms. The average Bonchev–Trinajstić information content (AvgIpc) is 2.51. The van der Waals surface area contributed by atoms with Gasteiger partial charge in [0.1, 0.15) is 0 Å². The molecule has 0 aliphatic carbocycles. The molecule has 1 atom stereocenters. The highest BCUT2D eigenvalue weighted by Crippen LogP contribution is 2.24. The van der Waals surface area contributed by atoms with Gasteiger partial charge in [-0.15, -0.1) is 11.3 Å². The molecule has 0 bridgehead atoms. The molecule has 0 spiro atoms. The maximum atomic E-state index is 4.28. The van der Waals surface area contributed by atoms with Crippen LogP contribution in [0, 0.1) is 12.3 Å².